The van der Waals surface area contributed by atoms with Crippen molar-refractivity contribution in [3.8, 4) is 0 Å². The molecular weight excluding hydrogens is 299 g/mol. The van der Waals surface area contributed by atoms with Gasteiger partial charge in [-0.3, -0.25) is 4.79 Å². The molecule has 0 saturated carbocycles. The van der Waals surface area contributed by atoms with E-state index >= 15 is 0 Å². The Bertz CT molecular complexity index is 437. The first-order valence-electron chi connectivity index (χ1n) is 5.89. The molecule has 0 aliphatic rings. The molecule has 0 saturated heterocycles. The highest BCUT2D eigenvalue weighted by Crippen LogP contribution is 2.24. The number of aryl methyl sites for hydroxylation is 1. The highest BCUT2D eigenvalue weighted by atomic mass is 79.9. The molecule has 0 aliphatic carbocycles. The molecule has 0 heterocycles. The maximum atomic E-state index is 13.4. The summed E-state index contributed by atoms with van der Waals surface area (Å²) in [6, 6.07) is 2.97. The number of hydrogen-bond donors (Lipinski definition) is 2. The van der Waals surface area contributed by atoms with Crippen molar-refractivity contribution in [1.29, 1.82) is 0 Å². The molecule has 1 aromatic carbocycles. The zero-order valence-electron chi connectivity index (χ0n) is 10.6. The van der Waals surface area contributed by atoms with Gasteiger partial charge in [-0.15, -0.1) is 0 Å². The number of benzene rings is 1. The molecule has 1 rings (SSSR count). The summed E-state index contributed by atoms with van der Waals surface area (Å²) >= 11 is 3.10. The molecule has 1 aromatic rings. The lowest BCUT2D eigenvalue weighted by molar-refractivity contribution is -0.116. The summed E-state index contributed by atoms with van der Waals surface area (Å²) in [6.45, 7) is 4.39. The normalized spacial score (nSPS) is 12.3. The molecule has 3 N–H and O–H groups in total. The lowest BCUT2D eigenvalue weighted by atomic mass is 10.1. The number of hydrogen-bond acceptors (Lipinski definition) is 2. The molecule has 0 aliphatic heterocycles. The molecular formula is C13H18BrFN2O. The first-order chi connectivity index (χ1) is 8.43. The molecule has 0 spiro atoms. The van der Waals surface area contributed by atoms with Gasteiger partial charge in [0, 0.05) is 12.1 Å². The number of nitrogens with two attached hydrogens (primary N) is 1. The maximum absolute atomic E-state index is 13.4. The van der Waals surface area contributed by atoms with Crippen molar-refractivity contribution in [2.24, 2.45) is 11.7 Å². The van der Waals surface area contributed by atoms with Crippen LogP contribution in [0.3, 0.4) is 0 Å². The van der Waals surface area contributed by atoms with E-state index in [0.29, 0.717) is 29.0 Å². The van der Waals surface area contributed by atoms with E-state index in [9.17, 15) is 9.18 Å². The minimum atomic E-state index is -0.383. The fourth-order valence-corrected chi connectivity index (χ4v) is 1.95. The third-order valence-electron chi connectivity index (χ3n) is 2.81. The Morgan fingerprint density at radius 3 is 2.83 bits per heavy atom. The average Bonchev–Trinajstić information content (AvgIpc) is 2.33. The Hall–Kier alpha value is -0.940. The first kappa shape index (κ1) is 15.1. The van der Waals surface area contributed by atoms with Crippen LogP contribution >= 0.6 is 15.9 Å². The van der Waals surface area contributed by atoms with Crippen LogP contribution in [0.25, 0.3) is 0 Å². The highest BCUT2D eigenvalue weighted by molar-refractivity contribution is 9.10. The molecule has 3 nitrogen and oxygen atoms in total. The van der Waals surface area contributed by atoms with Gasteiger partial charge in [0.1, 0.15) is 5.82 Å². The molecule has 0 radical (unpaired) electrons. The summed E-state index contributed by atoms with van der Waals surface area (Å²) < 4.78 is 13.8. The number of halogens is 2. The number of carbonyl (C=O) groups is 1. The van der Waals surface area contributed by atoms with Gasteiger partial charge in [-0.2, -0.15) is 0 Å². The zero-order valence-corrected chi connectivity index (χ0v) is 12.2. The summed E-state index contributed by atoms with van der Waals surface area (Å²) in [5.41, 5.74) is 6.82. The molecule has 18 heavy (non-hydrogen) atoms. The molecule has 1 unspecified atom stereocenters. The summed E-state index contributed by atoms with van der Waals surface area (Å²) in [6.07, 6.45) is 1.13. The van der Waals surface area contributed by atoms with E-state index in [1.165, 1.54) is 6.07 Å². The van der Waals surface area contributed by atoms with Gasteiger partial charge in [-0.05, 0) is 59.4 Å². The highest BCUT2D eigenvalue weighted by Gasteiger charge is 2.10. The molecule has 0 bridgehead atoms. The number of anilines is 1. The molecule has 0 aromatic heterocycles. The zero-order chi connectivity index (χ0) is 13.7. The van der Waals surface area contributed by atoms with Crippen molar-refractivity contribution < 1.29 is 9.18 Å². The van der Waals surface area contributed by atoms with E-state index < -0.39 is 0 Å². The van der Waals surface area contributed by atoms with Crippen LogP contribution in [-0.4, -0.2) is 12.5 Å². The van der Waals surface area contributed by atoms with Crippen molar-refractivity contribution in [3.05, 3.63) is 28.0 Å². The van der Waals surface area contributed by atoms with Crippen LogP contribution in [0.4, 0.5) is 10.1 Å². The Kier molecular flexibility index (Phi) is 5.75. The van der Waals surface area contributed by atoms with E-state index in [1.54, 1.807) is 6.07 Å². The minimum Gasteiger partial charge on any atom is -0.330 e. The van der Waals surface area contributed by atoms with Crippen LogP contribution in [0.5, 0.6) is 0 Å². The van der Waals surface area contributed by atoms with Gasteiger partial charge >= 0.3 is 0 Å². The number of amides is 1. The topological polar surface area (TPSA) is 55.1 Å². The molecule has 5 heteroatoms. The van der Waals surface area contributed by atoms with Crippen LogP contribution in [0.15, 0.2) is 16.6 Å². The standard InChI is InChI=1S/C13H18BrFN2O/c1-8(7-16)3-4-13(18)17-12-6-11(15)10(14)5-9(12)2/h5-6,8H,3-4,7,16H2,1-2H3,(H,17,18). The van der Waals surface area contributed by atoms with Crippen molar-refractivity contribution in [2.75, 3.05) is 11.9 Å². The van der Waals surface area contributed by atoms with Gasteiger partial charge in [0.05, 0.1) is 4.47 Å². The van der Waals surface area contributed by atoms with Crippen molar-refractivity contribution >= 4 is 27.5 Å². The third kappa shape index (κ3) is 4.38. The van der Waals surface area contributed by atoms with Crippen LogP contribution < -0.4 is 11.1 Å². The first-order valence-corrected chi connectivity index (χ1v) is 6.69. The van der Waals surface area contributed by atoms with Crippen molar-refractivity contribution in [2.45, 2.75) is 26.7 Å². The van der Waals surface area contributed by atoms with E-state index in [0.717, 1.165) is 12.0 Å². The van der Waals surface area contributed by atoms with E-state index in [2.05, 4.69) is 21.2 Å². The Morgan fingerprint density at radius 1 is 1.56 bits per heavy atom. The largest absolute Gasteiger partial charge is 0.330 e. The van der Waals surface area contributed by atoms with Crippen molar-refractivity contribution in [3.63, 3.8) is 0 Å². The van der Waals surface area contributed by atoms with Crippen LogP contribution in [-0.2, 0) is 4.79 Å². The average molecular weight is 317 g/mol. The van der Waals surface area contributed by atoms with Crippen LogP contribution in [0.2, 0.25) is 0 Å². The fraction of sp³-hybridized carbons (Fsp3) is 0.462. The summed E-state index contributed by atoms with van der Waals surface area (Å²) in [7, 11) is 0. The van der Waals surface area contributed by atoms with Crippen LogP contribution in [0.1, 0.15) is 25.3 Å². The predicted octanol–water partition coefficient (Wildman–Crippen LogP) is 3.21. The van der Waals surface area contributed by atoms with Gasteiger partial charge in [0.25, 0.3) is 0 Å². The fourth-order valence-electron chi connectivity index (χ4n) is 1.49. The maximum Gasteiger partial charge on any atom is 0.224 e. The second-order valence-corrected chi connectivity index (χ2v) is 5.36. The lowest BCUT2D eigenvalue weighted by Gasteiger charge is -2.11. The molecule has 1 atom stereocenters. The monoisotopic (exact) mass is 316 g/mol. The van der Waals surface area contributed by atoms with E-state index in [-0.39, 0.29) is 11.7 Å². The van der Waals surface area contributed by atoms with E-state index in [4.69, 9.17) is 5.73 Å². The van der Waals surface area contributed by atoms with Crippen LogP contribution in [0, 0.1) is 18.7 Å². The second-order valence-electron chi connectivity index (χ2n) is 4.51. The molecule has 100 valence electrons. The number of rotatable bonds is 5. The van der Waals surface area contributed by atoms with Gasteiger partial charge < -0.3 is 11.1 Å². The summed E-state index contributed by atoms with van der Waals surface area (Å²) in [5, 5.41) is 2.72. The van der Waals surface area contributed by atoms with Gasteiger partial charge in [-0.1, -0.05) is 6.92 Å². The van der Waals surface area contributed by atoms with Gasteiger partial charge in [0.15, 0.2) is 0 Å². The molecule has 1 amide bonds. The third-order valence-corrected chi connectivity index (χ3v) is 3.42. The Morgan fingerprint density at radius 2 is 2.22 bits per heavy atom. The van der Waals surface area contributed by atoms with Gasteiger partial charge in [0.2, 0.25) is 5.91 Å². The summed E-state index contributed by atoms with van der Waals surface area (Å²) in [5.74, 6) is -0.176. The predicted molar refractivity (Wildman–Crippen MR) is 74.9 cm³/mol. The van der Waals surface area contributed by atoms with Gasteiger partial charge in [-0.25, -0.2) is 4.39 Å². The molecule has 0 fully saturated rings. The number of carbonyl (C=O) groups excluding carboxylic acids is 1. The quantitative estimate of drug-likeness (QED) is 0.876. The summed E-state index contributed by atoms with van der Waals surface area (Å²) in [4.78, 5) is 11.7. The van der Waals surface area contributed by atoms with Crippen molar-refractivity contribution in [1.82, 2.24) is 0 Å². The van der Waals surface area contributed by atoms with E-state index in [1.807, 2.05) is 13.8 Å². The second kappa shape index (κ2) is 6.85. The number of nitrogens with one attached hydrogen (secondary N) is 1. The smallest absolute Gasteiger partial charge is 0.224 e. The minimum absolute atomic E-state index is 0.111. The Labute approximate surface area is 115 Å². The Balaban J connectivity index is 2.62. The lowest BCUT2D eigenvalue weighted by Crippen LogP contribution is -2.17. The SMILES string of the molecule is Cc1cc(Br)c(F)cc1NC(=O)CCC(C)CN.